The van der Waals surface area contributed by atoms with Crippen LogP contribution in [0.5, 0.6) is 0 Å². The van der Waals surface area contributed by atoms with E-state index in [1.165, 1.54) is 0 Å². The minimum atomic E-state index is -0.422. The monoisotopic (exact) mass is 270 g/mol. The quantitative estimate of drug-likeness (QED) is 0.745. The number of carbonyl (C=O) groups excluding carboxylic acids is 1. The van der Waals surface area contributed by atoms with Gasteiger partial charge in [-0.15, -0.1) is 0 Å². The molecule has 3 unspecified atom stereocenters. The summed E-state index contributed by atoms with van der Waals surface area (Å²) in [6, 6.07) is 0.245. The van der Waals surface area contributed by atoms with Gasteiger partial charge in [0, 0.05) is 12.6 Å². The Labute approximate surface area is 117 Å². The SMILES string of the molecule is CCC(CC)NC(=O)C(C)OC1(CN)CCC(C)C1. The van der Waals surface area contributed by atoms with Crippen molar-refractivity contribution in [3.63, 3.8) is 0 Å². The fourth-order valence-electron chi connectivity index (χ4n) is 2.93. The third-order valence-electron chi connectivity index (χ3n) is 4.31. The molecule has 1 fully saturated rings. The number of ether oxygens (including phenoxy) is 1. The Morgan fingerprint density at radius 2 is 2.11 bits per heavy atom. The Balaban J connectivity index is 2.53. The Morgan fingerprint density at radius 1 is 1.47 bits per heavy atom. The lowest BCUT2D eigenvalue weighted by Crippen LogP contribution is -2.47. The standard InChI is InChI=1S/C15H30N2O2/c1-5-13(6-2)17-14(18)12(4)19-15(10-16)8-7-11(3)9-15/h11-13H,5-10,16H2,1-4H3,(H,17,18). The fourth-order valence-corrected chi connectivity index (χ4v) is 2.93. The number of amides is 1. The topological polar surface area (TPSA) is 64.3 Å². The molecule has 1 aliphatic rings. The molecule has 0 aromatic carbocycles. The highest BCUT2D eigenvalue weighted by atomic mass is 16.5. The van der Waals surface area contributed by atoms with Gasteiger partial charge in [0.1, 0.15) is 6.10 Å². The van der Waals surface area contributed by atoms with Crippen LogP contribution in [0, 0.1) is 5.92 Å². The molecular weight excluding hydrogens is 240 g/mol. The summed E-state index contributed by atoms with van der Waals surface area (Å²) in [7, 11) is 0. The van der Waals surface area contributed by atoms with Crippen molar-refractivity contribution in [3.8, 4) is 0 Å². The lowest BCUT2D eigenvalue weighted by Gasteiger charge is -2.31. The third-order valence-corrected chi connectivity index (χ3v) is 4.31. The Hall–Kier alpha value is -0.610. The van der Waals surface area contributed by atoms with Crippen molar-refractivity contribution >= 4 is 5.91 Å². The van der Waals surface area contributed by atoms with Crippen molar-refractivity contribution < 1.29 is 9.53 Å². The smallest absolute Gasteiger partial charge is 0.249 e. The molecule has 0 heterocycles. The van der Waals surface area contributed by atoms with Crippen LogP contribution in [0.25, 0.3) is 0 Å². The van der Waals surface area contributed by atoms with Crippen LogP contribution >= 0.6 is 0 Å². The molecule has 112 valence electrons. The number of nitrogens with one attached hydrogen (secondary N) is 1. The summed E-state index contributed by atoms with van der Waals surface area (Å²) >= 11 is 0. The first-order valence-electron chi connectivity index (χ1n) is 7.64. The molecule has 4 heteroatoms. The van der Waals surface area contributed by atoms with Gasteiger partial charge >= 0.3 is 0 Å². The highest BCUT2D eigenvalue weighted by molar-refractivity contribution is 5.80. The van der Waals surface area contributed by atoms with E-state index in [9.17, 15) is 4.79 Å². The van der Waals surface area contributed by atoms with Crippen molar-refractivity contribution in [1.82, 2.24) is 5.32 Å². The van der Waals surface area contributed by atoms with Gasteiger partial charge in [0.15, 0.2) is 0 Å². The molecule has 4 nitrogen and oxygen atoms in total. The second-order valence-electron chi connectivity index (χ2n) is 6.02. The molecule has 0 aliphatic heterocycles. The van der Waals surface area contributed by atoms with Crippen LogP contribution in [-0.4, -0.2) is 30.2 Å². The number of hydrogen-bond acceptors (Lipinski definition) is 3. The first-order valence-corrected chi connectivity index (χ1v) is 7.64. The van der Waals surface area contributed by atoms with Crippen LogP contribution in [0.15, 0.2) is 0 Å². The number of carbonyl (C=O) groups is 1. The van der Waals surface area contributed by atoms with Gasteiger partial charge in [-0.3, -0.25) is 4.79 Å². The van der Waals surface area contributed by atoms with E-state index < -0.39 is 6.10 Å². The van der Waals surface area contributed by atoms with Crippen molar-refractivity contribution in [2.75, 3.05) is 6.54 Å². The van der Waals surface area contributed by atoms with Crippen LogP contribution in [0.3, 0.4) is 0 Å². The first-order chi connectivity index (χ1) is 8.96. The molecule has 0 aromatic heterocycles. The lowest BCUT2D eigenvalue weighted by molar-refractivity contribution is -0.145. The van der Waals surface area contributed by atoms with E-state index in [1.54, 1.807) is 0 Å². The van der Waals surface area contributed by atoms with Crippen molar-refractivity contribution in [1.29, 1.82) is 0 Å². The first kappa shape index (κ1) is 16.4. The highest BCUT2D eigenvalue weighted by Gasteiger charge is 2.39. The Kier molecular flexibility index (Phi) is 6.27. The zero-order valence-corrected chi connectivity index (χ0v) is 12.9. The van der Waals surface area contributed by atoms with Crippen molar-refractivity contribution in [2.45, 2.75) is 77.5 Å². The summed E-state index contributed by atoms with van der Waals surface area (Å²) in [5, 5.41) is 3.04. The average molecular weight is 270 g/mol. The molecule has 1 rings (SSSR count). The van der Waals surface area contributed by atoms with Gasteiger partial charge in [0.05, 0.1) is 5.60 Å². The third kappa shape index (κ3) is 4.46. The van der Waals surface area contributed by atoms with Gasteiger partial charge in [-0.05, 0) is 44.9 Å². The van der Waals surface area contributed by atoms with E-state index in [-0.39, 0.29) is 17.6 Å². The maximum absolute atomic E-state index is 12.1. The maximum atomic E-state index is 12.1. The molecule has 3 atom stereocenters. The molecule has 0 radical (unpaired) electrons. The minimum Gasteiger partial charge on any atom is -0.361 e. The van der Waals surface area contributed by atoms with Crippen LogP contribution in [0.2, 0.25) is 0 Å². The molecule has 0 saturated heterocycles. The van der Waals surface area contributed by atoms with Gasteiger partial charge in [0.2, 0.25) is 5.91 Å². The normalized spacial score (nSPS) is 28.6. The second-order valence-corrected chi connectivity index (χ2v) is 6.02. The van der Waals surface area contributed by atoms with E-state index in [4.69, 9.17) is 10.5 Å². The number of nitrogens with two attached hydrogens (primary N) is 1. The molecule has 1 saturated carbocycles. The van der Waals surface area contributed by atoms with Gasteiger partial charge in [-0.25, -0.2) is 0 Å². The molecule has 0 aromatic rings. The Morgan fingerprint density at radius 3 is 2.53 bits per heavy atom. The number of rotatable bonds is 7. The van der Waals surface area contributed by atoms with Crippen molar-refractivity contribution in [2.24, 2.45) is 11.7 Å². The Bertz CT molecular complexity index is 292. The van der Waals surface area contributed by atoms with E-state index in [0.29, 0.717) is 12.5 Å². The molecule has 1 aliphatic carbocycles. The zero-order chi connectivity index (χ0) is 14.5. The predicted octanol–water partition coefficient (Wildman–Crippen LogP) is 2.21. The highest BCUT2D eigenvalue weighted by Crippen LogP contribution is 2.37. The second kappa shape index (κ2) is 7.25. The fraction of sp³-hybridized carbons (Fsp3) is 0.933. The lowest BCUT2D eigenvalue weighted by atomic mass is 10.0. The van der Waals surface area contributed by atoms with Gasteiger partial charge < -0.3 is 15.8 Å². The summed E-state index contributed by atoms with van der Waals surface area (Å²) in [4.78, 5) is 12.1. The molecular formula is C15H30N2O2. The minimum absolute atomic E-state index is 0.0129. The van der Waals surface area contributed by atoms with Crippen LogP contribution in [0.1, 0.15) is 59.8 Å². The zero-order valence-electron chi connectivity index (χ0n) is 12.9. The van der Waals surface area contributed by atoms with E-state index in [2.05, 4.69) is 26.1 Å². The van der Waals surface area contributed by atoms with E-state index >= 15 is 0 Å². The van der Waals surface area contributed by atoms with Crippen molar-refractivity contribution in [3.05, 3.63) is 0 Å². The molecule has 0 bridgehead atoms. The summed E-state index contributed by atoms with van der Waals surface area (Å²) in [6.45, 7) is 8.72. The summed E-state index contributed by atoms with van der Waals surface area (Å²) in [5.74, 6) is 0.624. The summed E-state index contributed by atoms with van der Waals surface area (Å²) < 4.78 is 6.03. The molecule has 0 spiro atoms. The van der Waals surface area contributed by atoms with E-state index in [0.717, 1.165) is 32.1 Å². The van der Waals surface area contributed by atoms with Gasteiger partial charge in [-0.1, -0.05) is 20.8 Å². The van der Waals surface area contributed by atoms with Crippen LogP contribution in [-0.2, 0) is 9.53 Å². The molecule has 19 heavy (non-hydrogen) atoms. The molecule has 1 amide bonds. The van der Waals surface area contributed by atoms with E-state index in [1.807, 2.05) is 6.92 Å². The predicted molar refractivity (Wildman–Crippen MR) is 77.9 cm³/mol. The van der Waals surface area contributed by atoms with Crippen LogP contribution < -0.4 is 11.1 Å². The molecule has 3 N–H and O–H groups in total. The largest absolute Gasteiger partial charge is 0.361 e. The summed E-state index contributed by atoms with van der Waals surface area (Å²) in [5.41, 5.74) is 5.59. The average Bonchev–Trinajstić information content (AvgIpc) is 2.77. The number of hydrogen-bond donors (Lipinski definition) is 2. The van der Waals surface area contributed by atoms with Crippen LogP contribution in [0.4, 0.5) is 0 Å². The maximum Gasteiger partial charge on any atom is 0.249 e. The summed E-state index contributed by atoms with van der Waals surface area (Å²) in [6.07, 6.45) is 4.55. The van der Waals surface area contributed by atoms with Gasteiger partial charge in [-0.2, -0.15) is 0 Å². The van der Waals surface area contributed by atoms with Gasteiger partial charge in [0.25, 0.3) is 0 Å².